The molecular weight excluding hydrogens is 299 g/mol. The summed E-state index contributed by atoms with van der Waals surface area (Å²) in [6, 6.07) is 0. The fourth-order valence-corrected chi connectivity index (χ4v) is 1.82. The first-order chi connectivity index (χ1) is 8.33. The predicted octanol–water partition coefficient (Wildman–Crippen LogP) is 2.97. The summed E-state index contributed by atoms with van der Waals surface area (Å²) in [4.78, 5) is 2.42. The summed E-state index contributed by atoms with van der Waals surface area (Å²) in [6.45, 7) is 13.7. The molecule has 3 nitrogen and oxygen atoms in total. The van der Waals surface area contributed by atoms with Gasteiger partial charge in [0.25, 0.3) is 0 Å². The van der Waals surface area contributed by atoms with Crippen molar-refractivity contribution >= 4 is 0 Å². The third-order valence-electron chi connectivity index (χ3n) is 2.70. The zero-order chi connectivity index (χ0) is 13.5. The first kappa shape index (κ1) is 24.0. The quantitative estimate of drug-likeness (QED) is 0.838. The van der Waals surface area contributed by atoms with E-state index in [1.54, 1.807) is 0 Å². The molecule has 1 saturated heterocycles. The minimum atomic E-state index is 0. The van der Waals surface area contributed by atoms with E-state index in [0.717, 1.165) is 32.1 Å². The Morgan fingerprint density at radius 3 is 2.06 bits per heavy atom. The Hall–Kier alpha value is 0.984. The van der Waals surface area contributed by atoms with Gasteiger partial charge in [-0.25, -0.2) is 0 Å². The molecular formula is C14H34N3Y-. The van der Waals surface area contributed by atoms with Gasteiger partial charge in [-0.05, 0) is 20.0 Å². The van der Waals surface area contributed by atoms with Crippen LogP contribution < -0.4 is 5.32 Å². The Morgan fingerprint density at radius 2 is 1.61 bits per heavy atom. The Balaban J connectivity index is -0.000000409. The second-order valence-corrected chi connectivity index (χ2v) is 3.98. The van der Waals surface area contributed by atoms with Gasteiger partial charge in [-0.15, -0.1) is 13.1 Å². The fourth-order valence-electron chi connectivity index (χ4n) is 1.82. The Labute approximate surface area is 141 Å². The van der Waals surface area contributed by atoms with Crippen molar-refractivity contribution in [1.29, 1.82) is 0 Å². The Morgan fingerprint density at radius 1 is 1.11 bits per heavy atom. The van der Waals surface area contributed by atoms with Crippen LogP contribution in [-0.2, 0) is 32.7 Å². The molecule has 0 unspecified atom stereocenters. The number of hydrogen-bond acceptors (Lipinski definition) is 2. The molecule has 0 aromatic rings. The molecule has 0 saturated carbocycles. The smallest absolute Gasteiger partial charge is 0.0104 e. The maximum absolute atomic E-state index is 4.37. The van der Waals surface area contributed by atoms with Gasteiger partial charge < -0.3 is 15.5 Å². The zero-order valence-electron chi connectivity index (χ0n) is 13.5. The van der Waals surface area contributed by atoms with Crippen LogP contribution in [0.2, 0.25) is 0 Å². The van der Waals surface area contributed by atoms with E-state index in [-0.39, 0.29) is 32.7 Å². The molecule has 0 atom stereocenters. The minimum Gasteiger partial charge on any atom is -0.662 e. The van der Waals surface area contributed by atoms with E-state index < -0.39 is 0 Å². The van der Waals surface area contributed by atoms with Crippen LogP contribution in [0.5, 0.6) is 0 Å². The van der Waals surface area contributed by atoms with Gasteiger partial charge in [0.05, 0.1) is 0 Å². The van der Waals surface area contributed by atoms with E-state index in [0.29, 0.717) is 0 Å². The molecule has 109 valence electrons. The summed E-state index contributed by atoms with van der Waals surface area (Å²) >= 11 is 0. The SMILES string of the molecule is CC.CC.CNCCN(C)CC1CC[N-]CC1.[Y]. The molecule has 1 rings (SSSR count). The largest absolute Gasteiger partial charge is 0.662 e. The van der Waals surface area contributed by atoms with Crippen LogP contribution in [0.3, 0.4) is 0 Å². The van der Waals surface area contributed by atoms with Gasteiger partial charge in [-0.3, -0.25) is 0 Å². The molecule has 0 aromatic heterocycles. The van der Waals surface area contributed by atoms with Gasteiger partial charge in [0.2, 0.25) is 0 Å². The maximum atomic E-state index is 4.37. The van der Waals surface area contributed by atoms with Gasteiger partial charge in [0.1, 0.15) is 0 Å². The topological polar surface area (TPSA) is 29.4 Å². The van der Waals surface area contributed by atoms with Crippen LogP contribution in [0.4, 0.5) is 0 Å². The molecule has 0 aromatic carbocycles. The number of rotatable bonds is 5. The average Bonchev–Trinajstić information content (AvgIpc) is 2.42. The van der Waals surface area contributed by atoms with E-state index in [9.17, 15) is 0 Å². The number of likely N-dealkylation sites (N-methyl/N-ethyl adjacent to an activating group) is 2. The number of hydrogen-bond donors (Lipinski definition) is 1. The van der Waals surface area contributed by atoms with Crippen molar-refractivity contribution in [2.75, 3.05) is 46.8 Å². The van der Waals surface area contributed by atoms with Crippen LogP contribution in [0, 0.1) is 5.92 Å². The van der Waals surface area contributed by atoms with Crippen molar-refractivity contribution in [3.8, 4) is 0 Å². The molecule has 1 heterocycles. The Kier molecular flexibility index (Phi) is 27.1. The van der Waals surface area contributed by atoms with Crippen molar-refractivity contribution in [3.05, 3.63) is 5.32 Å². The number of nitrogens with zero attached hydrogens (tertiary/aromatic N) is 2. The molecule has 0 bridgehead atoms. The van der Waals surface area contributed by atoms with Crippen molar-refractivity contribution in [2.24, 2.45) is 5.92 Å². The van der Waals surface area contributed by atoms with Crippen molar-refractivity contribution in [3.63, 3.8) is 0 Å². The standard InChI is InChI=1S/C10H22N3.2C2H6.Y/c1-11-7-8-13(2)9-10-3-5-12-6-4-10;2*1-2;/h10-11H,3-9H2,1-2H3;2*1-2H3;/q-1;;;. The van der Waals surface area contributed by atoms with Gasteiger partial charge >= 0.3 is 0 Å². The van der Waals surface area contributed by atoms with E-state index >= 15 is 0 Å². The van der Waals surface area contributed by atoms with Crippen molar-refractivity contribution < 1.29 is 32.7 Å². The van der Waals surface area contributed by atoms with Crippen LogP contribution in [-0.4, -0.2) is 51.7 Å². The van der Waals surface area contributed by atoms with Gasteiger partial charge in [0.15, 0.2) is 0 Å². The summed E-state index contributed by atoms with van der Waals surface area (Å²) in [5, 5.41) is 7.54. The second-order valence-electron chi connectivity index (χ2n) is 3.98. The first-order valence-corrected chi connectivity index (χ1v) is 7.29. The molecule has 1 aliphatic heterocycles. The van der Waals surface area contributed by atoms with E-state index in [1.807, 2.05) is 34.7 Å². The fraction of sp³-hybridized carbons (Fsp3) is 1.00. The molecule has 1 aliphatic rings. The molecule has 1 N–H and O–H groups in total. The second kappa shape index (κ2) is 20.3. The summed E-state index contributed by atoms with van der Waals surface area (Å²) in [5.74, 6) is 0.888. The van der Waals surface area contributed by atoms with Crippen molar-refractivity contribution in [2.45, 2.75) is 40.5 Å². The molecule has 1 radical (unpaired) electrons. The number of piperidine rings is 1. The van der Waals surface area contributed by atoms with Crippen LogP contribution >= 0.6 is 0 Å². The van der Waals surface area contributed by atoms with E-state index in [1.165, 1.54) is 19.4 Å². The molecule has 18 heavy (non-hydrogen) atoms. The summed E-state index contributed by atoms with van der Waals surface area (Å²) in [7, 11) is 4.22. The van der Waals surface area contributed by atoms with Crippen LogP contribution in [0.25, 0.3) is 5.32 Å². The molecule has 0 amide bonds. The molecule has 1 fully saturated rings. The van der Waals surface area contributed by atoms with E-state index in [4.69, 9.17) is 0 Å². The summed E-state index contributed by atoms with van der Waals surface area (Å²) < 4.78 is 0. The molecule has 0 spiro atoms. The maximum Gasteiger partial charge on any atom is 0.0104 e. The van der Waals surface area contributed by atoms with Gasteiger partial charge in [-0.2, -0.15) is 0 Å². The average molecular weight is 333 g/mol. The van der Waals surface area contributed by atoms with Gasteiger partial charge in [-0.1, -0.05) is 40.5 Å². The normalized spacial score (nSPS) is 14.8. The Bertz CT molecular complexity index is 128. The minimum absolute atomic E-state index is 0. The van der Waals surface area contributed by atoms with Crippen LogP contribution in [0.1, 0.15) is 40.5 Å². The third kappa shape index (κ3) is 15.0. The summed E-state index contributed by atoms with van der Waals surface area (Å²) in [6.07, 6.45) is 2.59. The predicted molar refractivity (Wildman–Crippen MR) is 79.9 cm³/mol. The van der Waals surface area contributed by atoms with Crippen molar-refractivity contribution in [1.82, 2.24) is 10.2 Å². The van der Waals surface area contributed by atoms with Crippen LogP contribution in [0.15, 0.2) is 0 Å². The third-order valence-corrected chi connectivity index (χ3v) is 2.70. The first-order valence-electron chi connectivity index (χ1n) is 7.29. The molecule has 4 heteroatoms. The summed E-state index contributed by atoms with van der Waals surface area (Å²) in [5.41, 5.74) is 0. The number of nitrogens with one attached hydrogen (secondary N) is 1. The zero-order valence-corrected chi connectivity index (χ0v) is 16.3. The monoisotopic (exact) mass is 333 g/mol. The van der Waals surface area contributed by atoms with E-state index in [2.05, 4.69) is 22.6 Å². The molecule has 0 aliphatic carbocycles. The van der Waals surface area contributed by atoms with Gasteiger partial charge in [0, 0.05) is 52.3 Å².